The van der Waals surface area contributed by atoms with Crippen LogP contribution in [0.4, 0.5) is 0 Å². The van der Waals surface area contributed by atoms with Crippen LogP contribution in [-0.4, -0.2) is 8.13 Å². The van der Waals surface area contributed by atoms with Crippen LogP contribution in [0.3, 0.4) is 0 Å². The second kappa shape index (κ2) is 6.16. The quantitative estimate of drug-likeness (QED) is 0.487. The van der Waals surface area contributed by atoms with Gasteiger partial charge in [-0.1, -0.05) is 119 Å². The lowest BCUT2D eigenvalue weighted by molar-refractivity contribution is 0.698. The van der Waals surface area contributed by atoms with Crippen LogP contribution in [0.1, 0.15) is 25.0 Å². The van der Waals surface area contributed by atoms with Gasteiger partial charge >= 0.3 is 0 Å². The lowest BCUT2D eigenvalue weighted by atomic mass is 9.98. The molecule has 7 heteroatoms. The Morgan fingerprint density at radius 3 is 1.84 bits per heavy atom. The lowest BCUT2D eigenvalue weighted by Gasteiger charge is -2.38. The third-order valence-electron chi connectivity index (χ3n) is 2.55. The predicted molar refractivity (Wildman–Crippen MR) is 88.2 cm³/mol. The van der Waals surface area contributed by atoms with Crippen molar-refractivity contribution in [1.29, 1.82) is 0 Å². The molecule has 0 unspecified atom stereocenters. The van der Waals surface area contributed by atoms with Gasteiger partial charge < -0.3 is 0 Å². The fraction of sp³-hybridized carbons (Fsp3) is 0.417. The van der Waals surface area contributed by atoms with E-state index in [2.05, 4.69) is 0 Å². The third kappa shape index (κ3) is 3.72. The average molecular weight is 402 g/mol. The summed E-state index contributed by atoms with van der Waals surface area (Å²) in [6, 6.07) is 7.11. The van der Waals surface area contributed by atoms with Crippen LogP contribution in [0.15, 0.2) is 24.3 Å². The molecule has 0 spiro atoms. The summed E-state index contributed by atoms with van der Waals surface area (Å²) in [5.74, 6) is 1.08. The smallest absolute Gasteiger partial charge is 0.0930 e. The zero-order valence-electron chi connectivity index (χ0n) is 9.96. The van der Waals surface area contributed by atoms with Gasteiger partial charge in [0, 0.05) is 0 Å². The van der Waals surface area contributed by atoms with Crippen LogP contribution in [0.25, 0.3) is 0 Å². The summed E-state index contributed by atoms with van der Waals surface area (Å²) in [4.78, 5) is 0. The summed E-state index contributed by atoms with van der Waals surface area (Å²) < 4.78 is -5.86. The van der Waals surface area contributed by atoms with E-state index in [1.165, 1.54) is 0 Å². The molecule has 1 aromatic rings. The minimum Gasteiger partial charge on any atom is -0.0930 e. The van der Waals surface area contributed by atoms with Crippen molar-refractivity contribution >= 4 is 81.2 Å². The Labute approximate surface area is 148 Å². The largest absolute Gasteiger partial charge is 0.226 e. The molecule has 1 radical (unpaired) electrons. The molecule has 0 saturated carbocycles. The molecule has 0 fully saturated rings. The number of halogens is 7. The Balaban J connectivity index is 3.31. The van der Waals surface area contributed by atoms with E-state index in [4.69, 9.17) is 81.2 Å². The van der Waals surface area contributed by atoms with Gasteiger partial charge in [-0.25, -0.2) is 0 Å². The van der Waals surface area contributed by atoms with Crippen molar-refractivity contribution in [2.24, 2.45) is 0 Å². The lowest BCUT2D eigenvalue weighted by Crippen LogP contribution is -2.45. The molecule has 1 aromatic carbocycles. The van der Waals surface area contributed by atoms with E-state index in [1.807, 2.05) is 19.9 Å². The molecular formula is C12H10Cl7. The predicted octanol–water partition coefficient (Wildman–Crippen LogP) is 6.82. The minimum absolute atomic E-state index is 0.450. The molecule has 1 rings (SSSR count). The number of alkyl halides is 7. The zero-order chi connectivity index (χ0) is 15.1. The number of hydrogen-bond donors (Lipinski definition) is 0. The first-order valence-corrected chi connectivity index (χ1v) is 7.79. The maximum atomic E-state index is 6.25. The molecule has 0 aliphatic heterocycles. The van der Waals surface area contributed by atoms with Crippen molar-refractivity contribution in [2.75, 3.05) is 0 Å². The van der Waals surface area contributed by atoms with Gasteiger partial charge in [-0.15, -0.1) is 0 Å². The summed E-state index contributed by atoms with van der Waals surface area (Å²) in [7, 11) is 0. The molecule has 0 heterocycles. The van der Waals surface area contributed by atoms with Gasteiger partial charge in [-0.05, 0) is 17.0 Å². The van der Waals surface area contributed by atoms with Gasteiger partial charge in [0.2, 0.25) is 8.13 Å². The molecule has 0 N–H and O–H groups in total. The molecule has 0 aliphatic rings. The maximum absolute atomic E-state index is 6.25. The van der Waals surface area contributed by atoms with Crippen molar-refractivity contribution in [1.82, 2.24) is 0 Å². The molecule has 0 bridgehead atoms. The number of rotatable bonds is 3. The summed E-state index contributed by atoms with van der Waals surface area (Å²) in [6.07, 6.45) is 0. The molecule has 19 heavy (non-hydrogen) atoms. The fourth-order valence-corrected chi connectivity index (χ4v) is 2.84. The first-order valence-electron chi connectivity index (χ1n) is 5.14. The molecule has 0 amide bonds. The molecule has 0 nitrogen and oxygen atoms in total. The van der Waals surface area contributed by atoms with Crippen LogP contribution in [0.2, 0.25) is 0 Å². The summed E-state index contributed by atoms with van der Waals surface area (Å²) in [6.45, 7) is 3.90. The third-order valence-corrected chi connectivity index (χ3v) is 6.51. The molecule has 0 atom stereocenters. The first-order chi connectivity index (χ1) is 8.41. The van der Waals surface area contributed by atoms with E-state index in [1.54, 1.807) is 18.2 Å². The van der Waals surface area contributed by atoms with Crippen LogP contribution >= 0.6 is 81.2 Å². The van der Waals surface area contributed by atoms with Gasteiger partial charge in [0.05, 0.1) is 0 Å². The Bertz CT molecular complexity index is 446. The van der Waals surface area contributed by atoms with E-state index in [0.717, 1.165) is 11.5 Å². The highest BCUT2D eigenvalue weighted by atomic mass is 35.6. The van der Waals surface area contributed by atoms with Crippen molar-refractivity contribution < 1.29 is 0 Å². The van der Waals surface area contributed by atoms with Crippen molar-refractivity contribution in [3.05, 3.63) is 41.3 Å². The fourth-order valence-electron chi connectivity index (χ4n) is 1.38. The molecule has 0 saturated heterocycles. The summed E-state index contributed by atoms with van der Waals surface area (Å²) in [5, 5.41) is 0. The molecule has 0 aromatic heterocycles. The second-order valence-corrected chi connectivity index (χ2v) is 9.16. The van der Waals surface area contributed by atoms with Crippen molar-refractivity contribution in [3.63, 3.8) is 0 Å². The van der Waals surface area contributed by atoms with Crippen LogP contribution in [-0.2, 0) is 4.33 Å². The van der Waals surface area contributed by atoms with Gasteiger partial charge in [0.15, 0.2) is 4.33 Å². The minimum atomic E-state index is -2.05. The molecular weight excluding hydrogens is 392 g/mol. The van der Waals surface area contributed by atoms with Crippen LogP contribution < -0.4 is 0 Å². The Morgan fingerprint density at radius 2 is 1.42 bits per heavy atom. The van der Waals surface area contributed by atoms with Crippen molar-refractivity contribution in [2.45, 2.75) is 26.3 Å². The average Bonchev–Trinajstić information content (AvgIpc) is 2.27. The van der Waals surface area contributed by atoms with E-state index >= 15 is 0 Å². The Kier molecular flexibility index (Phi) is 5.94. The summed E-state index contributed by atoms with van der Waals surface area (Å²) >= 11 is 41.9. The normalized spacial score (nSPS) is 14.0. The zero-order valence-corrected chi connectivity index (χ0v) is 15.2. The highest BCUT2D eigenvalue weighted by Crippen LogP contribution is 2.60. The van der Waals surface area contributed by atoms with Gasteiger partial charge in [0.25, 0.3) is 0 Å². The highest BCUT2D eigenvalue weighted by molar-refractivity contribution is 6.78. The summed E-state index contributed by atoms with van der Waals surface area (Å²) in [5.41, 5.74) is 1.39. The first kappa shape index (κ1) is 18.3. The monoisotopic (exact) mass is 399 g/mol. The van der Waals surface area contributed by atoms with Gasteiger partial charge in [0.1, 0.15) is 0 Å². The Morgan fingerprint density at radius 1 is 0.895 bits per heavy atom. The van der Waals surface area contributed by atoms with Gasteiger partial charge in [-0.2, -0.15) is 0 Å². The number of hydrogen-bond acceptors (Lipinski definition) is 0. The molecule has 107 valence electrons. The SMILES string of the molecule is C[C](C)c1cccc(C(Cl)(Cl)C(Cl)(Cl)C(Cl)(Cl)Cl)c1. The van der Waals surface area contributed by atoms with E-state index < -0.39 is 12.5 Å². The Hall–Kier alpha value is 1.25. The van der Waals surface area contributed by atoms with E-state index in [-0.39, 0.29) is 0 Å². The molecule has 0 aliphatic carbocycles. The highest BCUT2D eigenvalue weighted by Gasteiger charge is 2.60. The van der Waals surface area contributed by atoms with Crippen molar-refractivity contribution in [3.8, 4) is 0 Å². The maximum Gasteiger partial charge on any atom is 0.226 e. The number of benzene rings is 1. The van der Waals surface area contributed by atoms with E-state index in [0.29, 0.717) is 5.56 Å². The standard InChI is InChI=1S/C12H10Cl7/c1-7(2)8-4-3-5-9(6-8)10(13,14)11(15,16)12(17,18)19/h3-6H,1-2H3. The second-order valence-electron chi connectivity index (χ2n) is 4.23. The van der Waals surface area contributed by atoms with E-state index in [9.17, 15) is 0 Å². The topological polar surface area (TPSA) is 0 Å². The van der Waals surface area contributed by atoms with Crippen LogP contribution in [0.5, 0.6) is 0 Å². The van der Waals surface area contributed by atoms with Crippen LogP contribution in [0, 0.1) is 5.92 Å². The van der Waals surface area contributed by atoms with Gasteiger partial charge in [-0.3, -0.25) is 0 Å².